The van der Waals surface area contributed by atoms with Crippen molar-refractivity contribution in [2.45, 2.75) is 44.8 Å². The molecule has 3 heteroatoms. The van der Waals surface area contributed by atoms with E-state index < -0.39 is 13.7 Å². The average molecular weight is 491 g/mol. The highest BCUT2D eigenvalue weighted by atomic mass is 31.1. The summed E-state index contributed by atoms with van der Waals surface area (Å²) in [4.78, 5) is 0. The van der Waals surface area contributed by atoms with E-state index in [1.54, 1.807) is 0 Å². The molecule has 0 aromatic heterocycles. The summed E-state index contributed by atoms with van der Waals surface area (Å²) in [7, 11) is -0.752. The molecule has 1 spiro atoms. The molecule has 3 atom stereocenters. The maximum absolute atomic E-state index is 7.29. The SMILES string of the molecule is Cc1cccc2c1O[C@]13Oc4c(cccc4P(c4ccccc4)c4ccccc4)C[C@H]1CCC[C@@H]3C2. The maximum atomic E-state index is 7.29. The van der Waals surface area contributed by atoms with Gasteiger partial charge in [-0.3, -0.25) is 0 Å². The molecule has 1 fully saturated rings. The second-order valence-corrected chi connectivity index (χ2v) is 12.7. The predicted molar refractivity (Wildman–Crippen MR) is 149 cm³/mol. The van der Waals surface area contributed by atoms with Gasteiger partial charge in [0.15, 0.2) is 0 Å². The highest BCUT2D eigenvalue weighted by Gasteiger charge is 2.57. The van der Waals surface area contributed by atoms with Gasteiger partial charge in [-0.25, -0.2) is 0 Å². The lowest BCUT2D eigenvalue weighted by Crippen LogP contribution is -2.62. The number of hydrogen-bond donors (Lipinski definition) is 0. The molecule has 0 N–H and O–H groups in total. The topological polar surface area (TPSA) is 18.5 Å². The van der Waals surface area contributed by atoms with Crippen LogP contribution in [0.2, 0.25) is 0 Å². The number of benzene rings is 4. The first-order valence-electron chi connectivity index (χ1n) is 13.2. The van der Waals surface area contributed by atoms with Crippen LogP contribution in [-0.2, 0) is 12.8 Å². The molecule has 2 aliphatic heterocycles. The summed E-state index contributed by atoms with van der Waals surface area (Å²) in [5.41, 5.74) is 3.88. The molecule has 0 unspecified atom stereocenters. The fourth-order valence-electron chi connectivity index (χ4n) is 6.67. The van der Waals surface area contributed by atoms with Crippen molar-refractivity contribution in [3.05, 3.63) is 114 Å². The van der Waals surface area contributed by atoms with E-state index in [2.05, 4.69) is 104 Å². The third-order valence-electron chi connectivity index (χ3n) is 8.34. The molecule has 2 heterocycles. The Morgan fingerprint density at radius 1 is 0.639 bits per heavy atom. The monoisotopic (exact) mass is 490 g/mol. The first kappa shape index (κ1) is 22.1. The van der Waals surface area contributed by atoms with Crippen LogP contribution in [0.1, 0.15) is 36.0 Å². The molecule has 180 valence electrons. The van der Waals surface area contributed by atoms with E-state index in [-0.39, 0.29) is 0 Å². The van der Waals surface area contributed by atoms with Gasteiger partial charge in [-0.15, -0.1) is 0 Å². The molecular formula is C33H31O2P. The van der Waals surface area contributed by atoms with Gasteiger partial charge in [-0.2, -0.15) is 0 Å². The normalized spacial score (nSPS) is 23.9. The summed E-state index contributed by atoms with van der Waals surface area (Å²) in [6, 6.07) is 35.3. The third-order valence-corrected chi connectivity index (χ3v) is 10.8. The summed E-state index contributed by atoms with van der Waals surface area (Å²) < 4.78 is 14.3. The van der Waals surface area contributed by atoms with E-state index in [1.807, 2.05) is 0 Å². The predicted octanol–water partition coefficient (Wildman–Crippen LogP) is 6.44. The van der Waals surface area contributed by atoms with Crippen LogP contribution in [0.5, 0.6) is 11.5 Å². The van der Waals surface area contributed by atoms with Crippen LogP contribution in [0.3, 0.4) is 0 Å². The summed E-state index contributed by atoms with van der Waals surface area (Å²) in [6.45, 7) is 2.17. The zero-order valence-corrected chi connectivity index (χ0v) is 21.6. The molecule has 0 bridgehead atoms. The van der Waals surface area contributed by atoms with Crippen molar-refractivity contribution in [1.29, 1.82) is 0 Å². The summed E-state index contributed by atoms with van der Waals surface area (Å²) in [6.07, 6.45) is 5.63. The van der Waals surface area contributed by atoms with Gasteiger partial charge in [0.25, 0.3) is 5.79 Å². The Hall–Kier alpha value is -3.09. The van der Waals surface area contributed by atoms with Crippen LogP contribution >= 0.6 is 7.92 Å². The molecule has 4 aromatic carbocycles. The van der Waals surface area contributed by atoms with Gasteiger partial charge in [-0.1, -0.05) is 103 Å². The molecule has 0 amide bonds. The van der Waals surface area contributed by atoms with Crippen molar-refractivity contribution < 1.29 is 9.47 Å². The average Bonchev–Trinajstić information content (AvgIpc) is 2.92. The van der Waals surface area contributed by atoms with Gasteiger partial charge < -0.3 is 9.47 Å². The fourth-order valence-corrected chi connectivity index (χ4v) is 9.09. The van der Waals surface area contributed by atoms with Gasteiger partial charge in [0.05, 0.1) is 0 Å². The van der Waals surface area contributed by atoms with E-state index in [1.165, 1.54) is 39.0 Å². The van der Waals surface area contributed by atoms with Crippen LogP contribution in [-0.4, -0.2) is 5.79 Å². The summed E-state index contributed by atoms with van der Waals surface area (Å²) >= 11 is 0. The van der Waals surface area contributed by atoms with Crippen LogP contribution < -0.4 is 25.4 Å². The molecular weight excluding hydrogens is 459 g/mol. The minimum atomic E-state index is -0.752. The first-order valence-corrected chi connectivity index (χ1v) is 14.6. The molecule has 2 nitrogen and oxygen atoms in total. The lowest BCUT2D eigenvalue weighted by molar-refractivity contribution is -0.225. The van der Waals surface area contributed by atoms with Gasteiger partial charge in [0.2, 0.25) is 0 Å². The zero-order valence-electron chi connectivity index (χ0n) is 20.7. The second kappa shape index (κ2) is 8.79. The highest BCUT2D eigenvalue weighted by Crippen LogP contribution is 2.54. The number of aryl methyl sites for hydroxylation is 1. The van der Waals surface area contributed by atoms with Crippen molar-refractivity contribution in [2.24, 2.45) is 11.8 Å². The quantitative estimate of drug-likeness (QED) is 0.308. The largest absolute Gasteiger partial charge is 0.451 e. The maximum Gasteiger partial charge on any atom is 0.257 e. The Morgan fingerprint density at radius 3 is 1.83 bits per heavy atom. The van der Waals surface area contributed by atoms with E-state index in [0.29, 0.717) is 11.8 Å². The van der Waals surface area contributed by atoms with Crippen LogP contribution in [0.15, 0.2) is 97.1 Å². The van der Waals surface area contributed by atoms with Gasteiger partial charge >= 0.3 is 0 Å². The smallest absolute Gasteiger partial charge is 0.257 e. The zero-order chi connectivity index (χ0) is 24.1. The Bertz CT molecular complexity index is 1360. The number of para-hydroxylation sites is 2. The van der Waals surface area contributed by atoms with Crippen molar-refractivity contribution >= 4 is 23.8 Å². The Morgan fingerprint density at radius 2 is 1.19 bits per heavy atom. The molecule has 0 saturated heterocycles. The standard InChI is InChI=1S/C33H31O2P/c1-23-11-8-12-24-21-26-14-10-15-27-22-25-13-9-20-30(32(25)35-33(26,27)34-31(23)24)36(28-16-4-2-5-17-28)29-18-6-3-7-19-29/h2-9,11-13,16-20,26-27H,10,14-15,21-22H2,1H3/t26-,27-,33-/m1/s1. The molecule has 0 radical (unpaired) electrons. The van der Waals surface area contributed by atoms with Crippen molar-refractivity contribution in [1.82, 2.24) is 0 Å². The first-order chi connectivity index (χ1) is 17.7. The van der Waals surface area contributed by atoms with E-state index in [4.69, 9.17) is 9.47 Å². The van der Waals surface area contributed by atoms with Crippen molar-refractivity contribution in [3.63, 3.8) is 0 Å². The summed E-state index contributed by atoms with van der Waals surface area (Å²) in [5.74, 6) is 2.30. The molecule has 4 aromatic rings. The number of ether oxygens (including phenoxy) is 2. The Kier molecular flexibility index (Phi) is 5.40. The number of hydrogen-bond acceptors (Lipinski definition) is 2. The van der Waals surface area contributed by atoms with Gasteiger partial charge in [-0.05, 0) is 67.8 Å². The number of rotatable bonds is 3. The second-order valence-electron chi connectivity index (χ2n) is 10.5. The van der Waals surface area contributed by atoms with Crippen LogP contribution in [0, 0.1) is 18.8 Å². The molecule has 3 aliphatic rings. The van der Waals surface area contributed by atoms with E-state index >= 15 is 0 Å². The Labute approximate surface area is 215 Å². The molecule has 7 rings (SSSR count). The highest BCUT2D eigenvalue weighted by molar-refractivity contribution is 7.80. The Balaban J connectivity index is 1.39. The van der Waals surface area contributed by atoms with Crippen LogP contribution in [0.4, 0.5) is 0 Å². The van der Waals surface area contributed by atoms with Crippen molar-refractivity contribution in [2.75, 3.05) is 0 Å². The lowest BCUT2D eigenvalue weighted by Gasteiger charge is -2.54. The van der Waals surface area contributed by atoms with Crippen LogP contribution in [0.25, 0.3) is 0 Å². The minimum absolute atomic E-state index is 0.381. The van der Waals surface area contributed by atoms with Gasteiger partial charge in [0.1, 0.15) is 11.5 Å². The summed E-state index contributed by atoms with van der Waals surface area (Å²) in [5, 5.41) is 4.00. The van der Waals surface area contributed by atoms with Crippen molar-refractivity contribution in [3.8, 4) is 11.5 Å². The minimum Gasteiger partial charge on any atom is -0.451 e. The van der Waals surface area contributed by atoms with Gasteiger partial charge in [0, 0.05) is 17.1 Å². The molecule has 1 saturated carbocycles. The number of fused-ring (bicyclic) bond motifs is 2. The van der Waals surface area contributed by atoms with E-state index in [9.17, 15) is 0 Å². The van der Waals surface area contributed by atoms with E-state index in [0.717, 1.165) is 37.2 Å². The molecule has 1 aliphatic carbocycles. The fraction of sp³-hybridized carbons (Fsp3) is 0.273. The lowest BCUT2D eigenvalue weighted by atomic mass is 9.68. The molecule has 36 heavy (non-hydrogen) atoms. The third kappa shape index (κ3) is 3.50.